The molecule has 0 atom stereocenters. The van der Waals surface area contributed by atoms with Gasteiger partial charge >= 0.3 is 0 Å². The standard InChI is InChI=1S/C10H10BrFO2/c1-7(13)4-5-14-10-3-2-8(11)6-9(10)12/h2-3,6H,4-5H2,1H3. The minimum Gasteiger partial charge on any atom is -0.490 e. The zero-order valence-electron chi connectivity index (χ0n) is 7.72. The van der Waals surface area contributed by atoms with Crippen molar-refractivity contribution in [2.24, 2.45) is 0 Å². The van der Waals surface area contributed by atoms with Gasteiger partial charge in [0.1, 0.15) is 5.78 Å². The van der Waals surface area contributed by atoms with Gasteiger partial charge < -0.3 is 4.74 Å². The van der Waals surface area contributed by atoms with Crippen molar-refractivity contribution in [3.05, 3.63) is 28.5 Å². The average Bonchev–Trinajstić information content (AvgIpc) is 2.08. The number of halogens is 2. The predicted octanol–water partition coefficient (Wildman–Crippen LogP) is 2.95. The SMILES string of the molecule is CC(=O)CCOc1ccc(Br)cc1F. The van der Waals surface area contributed by atoms with Crippen LogP contribution >= 0.6 is 15.9 Å². The molecule has 0 aliphatic carbocycles. The molecule has 0 unspecified atom stereocenters. The second kappa shape index (κ2) is 5.10. The molecule has 2 nitrogen and oxygen atoms in total. The smallest absolute Gasteiger partial charge is 0.166 e. The first kappa shape index (κ1) is 11.2. The summed E-state index contributed by atoms with van der Waals surface area (Å²) in [6, 6.07) is 4.54. The normalized spacial score (nSPS) is 9.93. The lowest BCUT2D eigenvalue weighted by molar-refractivity contribution is -0.117. The number of hydrogen-bond acceptors (Lipinski definition) is 2. The third kappa shape index (κ3) is 3.46. The van der Waals surface area contributed by atoms with E-state index in [2.05, 4.69) is 15.9 Å². The molecule has 1 rings (SSSR count). The Morgan fingerprint density at radius 3 is 2.86 bits per heavy atom. The molecule has 0 saturated carbocycles. The van der Waals surface area contributed by atoms with E-state index in [-0.39, 0.29) is 18.1 Å². The van der Waals surface area contributed by atoms with E-state index in [9.17, 15) is 9.18 Å². The Hall–Kier alpha value is -0.900. The molecule has 0 amide bonds. The van der Waals surface area contributed by atoms with Gasteiger partial charge in [-0.1, -0.05) is 15.9 Å². The van der Waals surface area contributed by atoms with Crippen LogP contribution in [0.4, 0.5) is 4.39 Å². The maximum atomic E-state index is 13.1. The van der Waals surface area contributed by atoms with Crippen LogP contribution in [0.2, 0.25) is 0 Å². The summed E-state index contributed by atoms with van der Waals surface area (Å²) in [6.07, 6.45) is 0.301. The summed E-state index contributed by atoms with van der Waals surface area (Å²) in [5, 5.41) is 0. The first-order valence-electron chi connectivity index (χ1n) is 4.17. The highest BCUT2D eigenvalue weighted by atomic mass is 79.9. The molecule has 0 aromatic heterocycles. The van der Waals surface area contributed by atoms with Gasteiger partial charge in [-0.15, -0.1) is 0 Å². The molecule has 1 aromatic carbocycles. The summed E-state index contributed by atoms with van der Waals surface area (Å²) in [7, 11) is 0. The largest absolute Gasteiger partial charge is 0.490 e. The van der Waals surface area contributed by atoms with Crippen molar-refractivity contribution in [3.63, 3.8) is 0 Å². The summed E-state index contributed by atoms with van der Waals surface area (Å²) in [6.45, 7) is 1.69. The summed E-state index contributed by atoms with van der Waals surface area (Å²) in [5.41, 5.74) is 0. The fraction of sp³-hybridized carbons (Fsp3) is 0.300. The van der Waals surface area contributed by atoms with Gasteiger partial charge in [0, 0.05) is 10.9 Å². The van der Waals surface area contributed by atoms with Crippen LogP contribution < -0.4 is 4.74 Å². The third-order valence-corrected chi connectivity index (χ3v) is 2.10. The van der Waals surface area contributed by atoms with Crippen LogP contribution in [0.15, 0.2) is 22.7 Å². The molecule has 76 valence electrons. The van der Waals surface area contributed by atoms with E-state index < -0.39 is 5.82 Å². The summed E-state index contributed by atoms with van der Waals surface area (Å²) in [5.74, 6) is -0.222. The van der Waals surface area contributed by atoms with E-state index in [1.165, 1.54) is 19.1 Å². The number of carbonyl (C=O) groups is 1. The van der Waals surface area contributed by atoms with Gasteiger partial charge in [-0.2, -0.15) is 0 Å². The van der Waals surface area contributed by atoms with Crippen LogP contribution in [0, 0.1) is 5.82 Å². The van der Waals surface area contributed by atoms with Crippen LogP contribution in [-0.4, -0.2) is 12.4 Å². The summed E-state index contributed by atoms with van der Waals surface area (Å²) < 4.78 is 18.9. The highest BCUT2D eigenvalue weighted by Crippen LogP contribution is 2.21. The Balaban J connectivity index is 2.55. The monoisotopic (exact) mass is 260 g/mol. The lowest BCUT2D eigenvalue weighted by Gasteiger charge is -2.05. The highest BCUT2D eigenvalue weighted by Gasteiger charge is 2.03. The average molecular weight is 261 g/mol. The molecule has 1 aromatic rings. The molecule has 14 heavy (non-hydrogen) atoms. The number of Topliss-reactive ketones (excluding diaryl/α,β-unsaturated/α-hetero) is 1. The van der Waals surface area contributed by atoms with Gasteiger partial charge in [0.25, 0.3) is 0 Å². The maximum absolute atomic E-state index is 13.1. The Morgan fingerprint density at radius 2 is 2.29 bits per heavy atom. The summed E-state index contributed by atoms with van der Waals surface area (Å²) >= 11 is 3.14. The van der Waals surface area contributed by atoms with Crippen LogP contribution in [0.25, 0.3) is 0 Å². The Morgan fingerprint density at radius 1 is 1.57 bits per heavy atom. The number of rotatable bonds is 4. The van der Waals surface area contributed by atoms with Gasteiger partial charge in [-0.25, -0.2) is 4.39 Å². The van der Waals surface area contributed by atoms with Crippen LogP contribution in [0.3, 0.4) is 0 Å². The topological polar surface area (TPSA) is 26.3 Å². The first-order valence-corrected chi connectivity index (χ1v) is 4.96. The van der Waals surface area contributed by atoms with Crippen molar-refractivity contribution in [1.29, 1.82) is 0 Å². The van der Waals surface area contributed by atoms with E-state index >= 15 is 0 Å². The fourth-order valence-electron chi connectivity index (χ4n) is 0.897. The van der Waals surface area contributed by atoms with Crippen molar-refractivity contribution in [2.75, 3.05) is 6.61 Å². The van der Waals surface area contributed by atoms with E-state index in [1.54, 1.807) is 6.07 Å². The van der Waals surface area contributed by atoms with Gasteiger partial charge in [0.2, 0.25) is 0 Å². The van der Waals surface area contributed by atoms with Crippen LogP contribution in [0.5, 0.6) is 5.75 Å². The van der Waals surface area contributed by atoms with Gasteiger partial charge in [-0.05, 0) is 25.1 Å². The zero-order chi connectivity index (χ0) is 10.6. The summed E-state index contributed by atoms with van der Waals surface area (Å²) in [4.78, 5) is 10.6. The Bertz CT molecular complexity index is 339. The molecule has 0 heterocycles. The molecular formula is C10H10BrFO2. The molecule has 0 radical (unpaired) electrons. The molecule has 0 aliphatic heterocycles. The van der Waals surface area contributed by atoms with Crippen molar-refractivity contribution < 1.29 is 13.9 Å². The fourth-order valence-corrected chi connectivity index (χ4v) is 1.23. The van der Waals surface area contributed by atoms with Gasteiger partial charge in [0.15, 0.2) is 11.6 Å². The minimum absolute atomic E-state index is 0.0301. The van der Waals surface area contributed by atoms with E-state index in [0.29, 0.717) is 10.9 Å². The Kier molecular flexibility index (Phi) is 4.07. The molecular weight excluding hydrogens is 251 g/mol. The van der Waals surface area contributed by atoms with Gasteiger partial charge in [-0.3, -0.25) is 4.79 Å². The van der Waals surface area contributed by atoms with E-state index in [4.69, 9.17) is 4.74 Å². The number of ether oxygens (including phenoxy) is 1. The van der Waals surface area contributed by atoms with Gasteiger partial charge in [0.05, 0.1) is 6.61 Å². The number of hydrogen-bond donors (Lipinski definition) is 0. The molecule has 0 bridgehead atoms. The van der Waals surface area contributed by atoms with Crippen molar-refractivity contribution in [1.82, 2.24) is 0 Å². The second-order valence-electron chi connectivity index (χ2n) is 2.88. The molecule has 0 aliphatic rings. The molecule has 4 heteroatoms. The number of benzene rings is 1. The maximum Gasteiger partial charge on any atom is 0.166 e. The van der Waals surface area contributed by atoms with E-state index in [0.717, 1.165) is 0 Å². The lowest BCUT2D eigenvalue weighted by Crippen LogP contribution is -2.03. The second-order valence-corrected chi connectivity index (χ2v) is 3.79. The van der Waals surface area contributed by atoms with Crippen LogP contribution in [0.1, 0.15) is 13.3 Å². The molecule has 0 saturated heterocycles. The number of carbonyl (C=O) groups excluding carboxylic acids is 1. The third-order valence-electron chi connectivity index (χ3n) is 1.61. The van der Waals surface area contributed by atoms with Crippen molar-refractivity contribution >= 4 is 21.7 Å². The van der Waals surface area contributed by atoms with Crippen molar-refractivity contribution in [3.8, 4) is 5.75 Å². The quantitative estimate of drug-likeness (QED) is 0.832. The van der Waals surface area contributed by atoms with Crippen molar-refractivity contribution in [2.45, 2.75) is 13.3 Å². The molecule has 0 fully saturated rings. The van der Waals surface area contributed by atoms with E-state index in [1.807, 2.05) is 0 Å². The minimum atomic E-state index is -0.428. The molecule has 0 N–H and O–H groups in total. The first-order chi connectivity index (χ1) is 6.59. The lowest BCUT2D eigenvalue weighted by atomic mass is 10.3. The zero-order valence-corrected chi connectivity index (χ0v) is 9.30. The van der Waals surface area contributed by atoms with Crippen LogP contribution in [-0.2, 0) is 4.79 Å². The predicted molar refractivity (Wildman–Crippen MR) is 54.9 cm³/mol. The number of ketones is 1. The Labute approximate surface area is 90.2 Å². The molecule has 0 spiro atoms. The highest BCUT2D eigenvalue weighted by molar-refractivity contribution is 9.10.